The Labute approximate surface area is 285 Å². The number of amides is 1. The van der Waals surface area contributed by atoms with Crippen molar-refractivity contribution in [1.82, 2.24) is 29.9 Å². The number of hydrogen-bond acceptors (Lipinski definition) is 8. The van der Waals surface area contributed by atoms with Gasteiger partial charge in [0.2, 0.25) is 5.91 Å². The molecule has 48 heavy (non-hydrogen) atoms. The van der Waals surface area contributed by atoms with Crippen LogP contribution in [0.1, 0.15) is 96.6 Å². The third-order valence-electron chi connectivity index (χ3n) is 9.76. The highest BCUT2D eigenvalue weighted by Crippen LogP contribution is 2.39. The van der Waals surface area contributed by atoms with E-state index in [4.69, 9.17) is 15.0 Å². The summed E-state index contributed by atoms with van der Waals surface area (Å²) in [5.41, 5.74) is 4.30. The zero-order chi connectivity index (χ0) is 33.9. The first-order valence-electron chi connectivity index (χ1n) is 17.6. The van der Waals surface area contributed by atoms with Gasteiger partial charge in [0.15, 0.2) is 0 Å². The Hall–Kier alpha value is -4.27. The van der Waals surface area contributed by atoms with Crippen molar-refractivity contribution in [2.75, 3.05) is 22.9 Å². The minimum atomic E-state index is -0.0159. The Morgan fingerprint density at radius 1 is 0.875 bits per heavy atom. The van der Waals surface area contributed by atoms with E-state index in [2.05, 4.69) is 60.7 Å². The molecule has 6 rings (SSSR count). The Balaban J connectivity index is 1.16. The van der Waals surface area contributed by atoms with Crippen molar-refractivity contribution in [3.05, 3.63) is 84.2 Å². The van der Waals surface area contributed by atoms with Crippen LogP contribution in [0.3, 0.4) is 0 Å². The van der Waals surface area contributed by atoms with Crippen LogP contribution in [0.4, 0.5) is 11.6 Å². The molecule has 0 unspecified atom stereocenters. The summed E-state index contributed by atoms with van der Waals surface area (Å²) in [5.74, 6) is 4.12. The van der Waals surface area contributed by atoms with E-state index < -0.39 is 0 Å². The molecule has 1 aliphatic heterocycles. The first-order valence-corrected chi connectivity index (χ1v) is 17.6. The van der Waals surface area contributed by atoms with Gasteiger partial charge in [-0.3, -0.25) is 14.7 Å². The maximum Gasteiger partial charge on any atom is 0.228 e. The van der Waals surface area contributed by atoms with Gasteiger partial charge in [-0.05, 0) is 73.1 Å². The van der Waals surface area contributed by atoms with Crippen molar-refractivity contribution in [3.63, 3.8) is 0 Å². The summed E-state index contributed by atoms with van der Waals surface area (Å²) < 4.78 is 0. The predicted octanol–water partition coefficient (Wildman–Crippen LogP) is 7.20. The van der Waals surface area contributed by atoms with E-state index in [1.54, 1.807) is 6.20 Å². The fourth-order valence-corrected chi connectivity index (χ4v) is 7.08. The molecule has 2 fully saturated rings. The van der Waals surface area contributed by atoms with Crippen molar-refractivity contribution in [3.8, 4) is 11.1 Å². The zero-order valence-electron chi connectivity index (χ0n) is 29.5. The molecular weight excluding hydrogens is 596 g/mol. The van der Waals surface area contributed by atoms with Gasteiger partial charge in [0, 0.05) is 91.8 Å². The quantitative estimate of drug-likeness (QED) is 0.178. The van der Waals surface area contributed by atoms with Crippen LogP contribution in [0.5, 0.6) is 0 Å². The van der Waals surface area contributed by atoms with E-state index >= 15 is 0 Å². The van der Waals surface area contributed by atoms with E-state index in [0.717, 1.165) is 85.9 Å². The summed E-state index contributed by atoms with van der Waals surface area (Å²) in [7, 11) is 0. The molecule has 1 aliphatic carbocycles. The summed E-state index contributed by atoms with van der Waals surface area (Å²) in [4.78, 5) is 46.5. The lowest BCUT2D eigenvalue weighted by molar-refractivity contribution is -0.119. The monoisotopic (exact) mass is 646 g/mol. The van der Waals surface area contributed by atoms with E-state index in [1.165, 1.54) is 5.56 Å². The highest BCUT2D eigenvalue weighted by atomic mass is 16.2. The third kappa shape index (κ3) is 7.88. The number of pyridine rings is 2. The first-order chi connectivity index (χ1) is 23.0. The van der Waals surface area contributed by atoms with Crippen LogP contribution in [0, 0.1) is 11.3 Å². The molecule has 0 bridgehead atoms. The maximum absolute atomic E-state index is 13.9. The second-order valence-electron chi connectivity index (χ2n) is 15.4. The number of carbonyl (C=O) groups excluding carboxylic acids is 1. The first kappa shape index (κ1) is 33.6. The molecule has 1 amide bonds. The number of anilines is 2. The lowest BCUT2D eigenvalue weighted by atomic mass is 9.81. The number of carbonyl (C=O) groups is 1. The van der Waals surface area contributed by atoms with Crippen molar-refractivity contribution in [2.45, 2.75) is 104 Å². The normalized spacial score (nSPS) is 19.1. The van der Waals surface area contributed by atoms with Crippen LogP contribution >= 0.6 is 0 Å². The average molecular weight is 647 g/mol. The Bertz CT molecular complexity index is 1670. The number of rotatable bonds is 10. The van der Waals surface area contributed by atoms with Crippen LogP contribution in [-0.2, 0) is 29.5 Å². The summed E-state index contributed by atoms with van der Waals surface area (Å²) in [6.07, 6.45) is 15.9. The third-order valence-corrected chi connectivity index (χ3v) is 9.76. The molecule has 252 valence electrons. The summed E-state index contributed by atoms with van der Waals surface area (Å²) in [5, 5.41) is 0. The van der Waals surface area contributed by atoms with Crippen molar-refractivity contribution in [2.24, 2.45) is 11.3 Å². The predicted molar refractivity (Wildman–Crippen MR) is 191 cm³/mol. The minimum Gasteiger partial charge on any atom is -0.355 e. The smallest absolute Gasteiger partial charge is 0.228 e. The topological polar surface area (TPSA) is 101 Å². The molecule has 0 radical (unpaired) electrons. The average Bonchev–Trinajstić information content (AvgIpc) is 3.07. The van der Waals surface area contributed by atoms with Crippen molar-refractivity contribution < 1.29 is 4.79 Å². The van der Waals surface area contributed by atoms with Crippen LogP contribution < -0.4 is 9.80 Å². The Morgan fingerprint density at radius 3 is 2.19 bits per heavy atom. The lowest BCUT2D eigenvalue weighted by Crippen LogP contribution is -2.54. The molecule has 4 aromatic heterocycles. The van der Waals surface area contributed by atoms with Crippen LogP contribution in [-0.4, -0.2) is 54.9 Å². The van der Waals surface area contributed by atoms with Gasteiger partial charge in [0.25, 0.3) is 0 Å². The lowest BCUT2D eigenvalue weighted by Gasteiger charge is -2.48. The molecule has 0 spiro atoms. The van der Waals surface area contributed by atoms with Crippen molar-refractivity contribution in [1.29, 1.82) is 0 Å². The molecule has 0 aromatic carbocycles. The van der Waals surface area contributed by atoms with Gasteiger partial charge in [-0.1, -0.05) is 47.6 Å². The fourth-order valence-electron chi connectivity index (χ4n) is 7.08. The van der Waals surface area contributed by atoms with Crippen molar-refractivity contribution >= 4 is 17.5 Å². The van der Waals surface area contributed by atoms with Gasteiger partial charge in [-0.15, -0.1) is 0 Å². The van der Waals surface area contributed by atoms with Gasteiger partial charge in [0.05, 0.1) is 0 Å². The van der Waals surface area contributed by atoms with Crippen LogP contribution in [0.2, 0.25) is 0 Å². The largest absolute Gasteiger partial charge is 0.355 e. The molecule has 2 aliphatic rings. The highest BCUT2D eigenvalue weighted by molar-refractivity contribution is 5.93. The number of aromatic nitrogens is 6. The second kappa shape index (κ2) is 14.1. The van der Waals surface area contributed by atoms with Crippen LogP contribution in [0.25, 0.3) is 11.1 Å². The Morgan fingerprint density at radius 2 is 1.58 bits per heavy atom. The Kier molecular flexibility index (Phi) is 9.85. The molecular formula is C39H50N8O. The standard InChI is InChI=1S/C39H50N8O/c1-7-33-41-22-29(23-42-33)28-13-17-35(44-21-28)47(36(48)18-14-30-10-8-9-19-40-30)31-15-11-27(12-16-31)20-34-43-24-32(38(2,3)4)37(45-34)46-25-39(5,6)26-46/h8-10,13,17,19,21-24,27,31H,7,11-12,14-16,18,20,25-26H2,1-6H3. The summed E-state index contributed by atoms with van der Waals surface area (Å²) >= 11 is 0. The molecule has 4 aromatic rings. The van der Waals surface area contributed by atoms with Gasteiger partial charge in [0.1, 0.15) is 23.3 Å². The maximum atomic E-state index is 13.9. The van der Waals surface area contributed by atoms with E-state index in [-0.39, 0.29) is 17.4 Å². The molecule has 1 saturated carbocycles. The highest BCUT2D eigenvalue weighted by Gasteiger charge is 2.38. The van der Waals surface area contributed by atoms with Gasteiger partial charge >= 0.3 is 0 Å². The van der Waals surface area contributed by atoms with Gasteiger partial charge < -0.3 is 4.90 Å². The zero-order valence-corrected chi connectivity index (χ0v) is 29.5. The molecule has 0 atom stereocenters. The van der Waals surface area contributed by atoms with Gasteiger partial charge in [-0.2, -0.15) is 0 Å². The minimum absolute atomic E-state index is 0.0159. The molecule has 9 nitrogen and oxygen atoms in total. The molecule has 5 heterocycles. The van der Waals surface area contributed by atoms with Gasteiger partial charge in [-0.25, -0.2) is 24.9 Å². The SMILES string of the molecule is CCc1ncc(-c2ccc(N(C(=O)CCc3ccccn3)C3CCC(Cc4ncc(C(C)(C)C)c(N5CC(C)(C)C5)n4)CC3)nc2)cn1. The molecule has 1 saturated heterocycles. The van der Waals surface area contributed by atoms with E-state index in [0.29, 0.717) is 30.0 Å². The number of hydrogen-bond donors (Lipinski definition) is 0. The molecule has 0 N–H and O–H groups in total. The fraction of sp³-hybridized carbons (Fsp3) is 0.513. The second-order valence-corrected chi connectivity index (χ2v) is 15.4. The molecule has 9 heteroatoms. The van der Waals surface area contributed by atoms with E-state index in [9.17, 15) is 4.79 Å². The van der Waals surface area contributed by atoms with Crippen LogP contribution in [0.15, 0.2) is 61.3 Å². The number of aryl methyl sites for hydroxylation is 2. The summed E-state index contributed by atoms with van der Waals surface area (Å²) in [6, 6.07) is 9.93. The summed E-state index contributed by atoms with van der Waals surface area (Å²) in [6.45, 7) is 15.4. The van der Waals surface area contributed by atoms with E-state index in [1.807, 2.05) is 60.7 Å². The number of nitrogens with zero attached hydrogens (tertiary/aromatic N) is 8.